The van der Waals surface area contributed by atoms with Crippen LogP contribution in [0.25, 0.3) is 65.3 Å². The van der Waals surface area contributed by atoms with Crippen molar-refractivity contribution in [3.63, 3.8) is 0 Å². The fourth-order valence-electron chi connectivity index (χ4n) is 8.46. The summed E-state index contributed by atoms with van der Waals surface area (Å²) in [5.41, 5.74) is 9.87. The van der Waals surface area contributed by atoms with Gasteiger partial charge in [-0.25, -0.2) is 0 Å². The first kappa shape index (κ1) is 31.1. The Bertz CT molecular complexity index is 2200. The maximum absolute atomic E-state index is 5.83. The van der Waals surface area contributed by atoms with E-state index in [0.29, 0.717) is 5.92 Å². The van der Waals surface area contributed by atoms with Gasteiger partial charge in [0.25, 0.3) is 0 Å². The van der Waals surface area contributed by atoms with Crippen molar-refractivity contribution in [2.24, 2.45) is 0 Å². The second kappa shape index (κ2) is 12.7. The van der Waals surface area contributed by atoms with Gasteiger partial charge in [0.15, 0.2) is 0 Å². The molecule has 0 radical (unpaired) electrons. The average Bonchev–Trinajstić information content (AvgIpc) is 3.12. The molecule has 7 aromatic carbocycles. The molecule has 1 saturated heterocycles. The summed E-state index contributed by atoms with van der Waals surface area (Å²) in [5, 5.41) is 10.8. The molecule has 1 nitrogen and oxygen atoms in total. The minimum absolute atomic E-state index is 0.140. The molecule has 48 heavy (non-hydrogen) atoms. The number of hydrogen-bond acceptors (Lipinski definition) is 1. The highest BCUT2D eigenvalue weighted by atomic mass is 16.5. The van der Waals surface area contributed by atoms with Crippen LogP contribution in [-0.2, 0) is 16.6 Å². The molecule has 0 bridgehead atoms. The molecule has 0 aromatic heterocycles. The second-order valence-electron chi connectivity index (χ2n) is 15.2. The van der Waals surface area contributed by atoms with E-state index in [0.717, 1.165) is 26.1 Å². The number of unbranched alkanes of at least 4 members (excludes halogenated alkanes) is 3. The van der Waals surface area contributed by atoms with Crippen molar-refractivity contribution in [1.29, 1.82) is 0 Å². The monoisotopic (exact) mass is 628 g/mol. The second-order valence-corrected chi connectivity index (χ2v) is 15.2. The summed E-state index contributed by atoms with van der Waals surface area (Å²) in [6.07, 6.45) is 8.57. The highest BCUT2D eigenvalue weighted by Gasteiger charge is 2.23. The first-order valence-electron chi connectivity index (χ1n) is 18.4. The molecule has 0 N–H and O–H groups in total. The van der Waals surface area contributed by atoms with Crippen LogP contribution in [0.1, 0.15) is 88.8 Å². The van der Waals surface area contributed by atoms with Gasteiger partial charge >= 0.3 is 0 Å². The molecule has 0 spiro atoms. The van der Waals surface area contributed by atoms with E-state index in [9.17, 15) is 0 Å². The number of benzene rings is 7. The van der Waals surface area contributed by atoms with Crippen LogP contribution in [0.3, 0.4) is 0 Å². The summed E-state index contributed by atoms with van der Waals surface area (Å²) in [5.74, 6) is 0.542. The Hall–Kier alpha value is -4.20. The molecule has 8 rings (SSSR count). The van der Waals surface area contributed by atoms with Gasteiger partial charge in [0.1, 0.15) is 0 Å². The summed E-state index contributed by atoms with van der Waals surface area (Å²) in [4.78, 5) is 0. The average molecular weight is 629 g/mol. The van der Waals surface area contributed by atoms with Gasteiger partial charge in [-0.05, 0) is 119 Å². The first-order chi connectivity index (χ1) is 23.4. The Morgan fingerprint density at radius 2 is 1.17 bits per heavy atom. The lowest BCUT2D eigenvalue weighted by Gasteiger charge is -2.26. The summed E-state index contributed by atoms with van der Waals surface area (Å²) in [7, 11) is 0. The van der Waals surface area contributed by atoms with Gasteiger partial charge in [-0.1, -0.05) is 150 Å². The van der Waals surface area contributed by atoms with Crippen LogP contribution in [0.5, 0.6) is 0 Å². The maximum Gasteiger partial charge on any atom is 0.0471 e. The van der Waals surface area contributed by atoms with Crippen molar-refractivity contribution in [3.05, 3.63) is 120 Å². The fourth-order valence-corrected chi connectivity index (χ4v) is 8.46. The summed E-state index contributed by atoms with van der Waals surface area (Å²) >= 11 is 0. The lowest BCUT2D eigenvalue weighted by Crippen LogP contribution is -2.15. The van der Waals surface area contributed by atoms with E-state index in [1.165, 1.54) is 114 Å². The molecule has 0 amide bonds. The first-order valence-corrected chi connectivity index (χ1v) is 18.4. The Kier molecular flexibility index (Phi) is 8.21. The molecule has 7 aromatic rings. The van der Waals surface area contributed by atoms with Crippen molar-refractivity contribution >= 4 is 43.1 Å². The zero-order chi connectivity index (χ0) is 32.8. The highest BCUT2D eigenvalue weighted by molar-refractivity contribution is 6.35. The van der Waals surface area contributed by atoms with Crippen LogP contribution >= 0.6 is 0 Å². The molecule has 1 aliphatic rings. The SMILES string of the molecule is CCCCCCc1ccc(-c2ccc3c4ccc(-c5ccc(C(C)(C)C)cc5)c5cccc(c6cccc2c63)c54)c(C2CCOCC2)c1. The van der Waals surface area contributed by atoms with Gasteiger partial charge in [-0.15, -0.1) is 0 Å². The quantitative estimate of drug-likeness (QED) is 0.0924. The number of rotatable bonds is 8. The van der Waals surface area contributed by atoms with Crippen molar-refractivity contribution in [1.82, 2.24) is 0 Å². The van der Waals surface area contributed by atoms with Crippen LogP contribution in [0.15, 0.2) is 103 Å². The van der Waals surface area contributed by atoms with Crippen molar-refractivity contribution < 1.29 is 4.74 Å². The molecule has 1 heterocycles. The third-order valence-electron chi connectivity index (χ3n) is 11.1. The number of aryl methyl sites for hydroxylation is 1. The number of ether oxygens (including phenoxy) is 1. The summed E-state index contributed by atoms with van der Waals surface area (Å²) in [6, 6.07) is 40.1. The summed E-state index contributed by atoms with van der Waals surface area (Å²) in [6.45, 7) is 10.9. The molecule has 1 heteroatoms. The van der Waals surface area contributed by atoms with Crippen molar-refractivity contribution in [2.45, 2.75) is 84.0 Å². The van der Waals surface area contributed by atoms with Gasteiger partial charge < -0.3 is 4.74 Å². The van der Waals surface area contributed by atoms with Gasteiger partial charge in [0, 0.05) is 13.2 Å². The third kappa shape index (κ3) is 5.47. The van der Waals surface area contributed by atoms with Crippen molar-refractivity contribution in [3.8, 4) is 22.3 Å². The van der Waals surface area contributed by atoms with Crippen LogP contribution < -0.4 is 0 Å². The lowest BCUT2D eigenvalue weighted by molar-refractivity contribution is 0.0854. The Morgan fingerprint density at radius 1 is 0.583 bits per heavy atom. The highest BCUT2D eigenvalue weighted by Crippen LogP contribution is 2.46. The van der Waals surface area contributed by atoms with Crippen LogP contribution in [0.4, 0.5) is 0 Å². The molecule has 1 aliphatic heterocycles. The third-order valence-corrected chi connectivity index (χ3v) is 11.1. The van der Waals surface area contributed by atoms with Crippen molar-refractivity contribution in [2.75, 3.05) is 13.2 Å². The zero-order valence-corrected chi connectivity index (χ0v) is 29.2. The largest absolute Gasteiger partial charge is 0.381 e. The number of fused-ring (bicyclic) bond motifs is 2. The van der Waals surface area contributed by atoms with Gasteiger partial charge in [0.05, 0.1) is 0 Å². The van der Waals surface area contributed by atoms with E-state index < -0.39 is 0 Å². The Morgan fingerprint density at radius 3 is 1.81 bits per heavy atom. The van der Waals surface area contributed by atoms with E-state index in [1.54, 1.807) is 0 Å². The topological polar surface area (TPSA) is 9.23 Å². The normalized spacial score (nSPS) is 14.6. The molecule has 0 saturated carbocycles. The van der Waals surface area contributed by atoms with E-state index in [1.807, 2.05) is 0 Å². The molecular formula is C47H48O. The number of hydrogen-bond donors (Lipinski definition) is 0. The Balaban J connectivity index is 1.30. The van der Waals surface area contributed by atoms with E-state index in [-0.39, 0.29) is 5.41 Å². The fraction of sp³-hybridized carbons (Fsp3) is 0.319. The molecular weight excluding hydrogens is 581 g/mol. The molecule has 0 atom stereocenters. The van der Waals surface area contributed by atoms with Gasteiger partial charge in [-0.2, -0.15) is 0 Å². The van der Waals surface area contributed by atoms with Crippen LogP contribution in [0.2, 0.25) is 0 Å². The molecule has 0 aliphatic carbocycles. The molecule has 242 valence electrons. The molecule has 1 fully saturated rings. The Labute approximate surface area is 286 Å². The van der Waals surface area contributed by atoms with Gasteiger partial charge in [-0.3, -0.25) is 0 Å². The lowest BCUT2D eigenvalue weighted by atomic mass is 9.81. The zero-order valence-electron chi connectivity index (χ0n) is 29.2. The van der Waals surface area contributed by atoms with E-state index >= 15 is 0 Å². The smallest absolute Gasteiger partial charge is 0.0471 e. The van der Waals surface area contributed by atoms with Crippen LogP contribution in [-0.4, -0.2) is 13.2 Å². The minimum atomic E-state index is 0.140. The summed E-state index contributed by atoms with van der Waals surface area (Å²) < 4.78 is 5.83. The predicted octanol–water partition coefficient (Wildman–Crippen LogP) is 13.4. The van der Waals surface area contributed by atoms with E-state index in [2.05, 4.69) is 131 Å². The standard InChI is InChI=1S/C47H48O/c1-5-6-7-8-11-31-16-21-37(44(30-31)33-26-28-48-29-27-33)36-23-25-43-42-24-22-35(32-17-19-34(20-18-32)47(2,3)4)38-12-9-14-40(45(38)42)41-15-10-13-39(36)46(41)43/h9-10,12-25,30,33H,5-8,11,26-29H2,1-4H3. The van der Waals surface area contributed by atoms with Gasteiger partial charge in [0.2, 0.25) is 0 Å². The minimum Gasteiger partial charge on any atom is -0.381 e. The molecule has 0 unspecified atom stereocenters. The maximum atomic E-state index is 5.83. The predicted molar refractivity (Wildman–Crippen MR) is 208 cm³/mol. The van der Waals surface area contributed by atoms with Crippen LogP contribution in [0, 0.1) is 0 Å². The van der Waals surface area contributed by atoms with E-state index in [4.69, 9.17) is 4.74 Å².